The predicted molar refractivity (Wildman–Crippen MR) is 148 cm³/mol. The Morgan fingerprint density at radius 1 is 0.892 bits per heavy atom. The topological polar surface area (TPSA) is 75.5 Å². The molecule has 0 bridgehead atoms. The van der Waals surface area contributed by atoms with E-state index in [2.05, 4.69) is 20.9 Å². The predicted octanol–water partition coefficient (Wildman–Crippen LogP) is 7.50. The van der Waals surface area contributed by atoms with Crippen LogP contribution in [0.5, 0.6) is 11.5 Å². The number of fused-ring (bicyclic) bond motifs is 2. The van der Waals surface area contributed by atoms with Crippen molar-refractivity contribution < 1.29 is 14.3 Å². The van der Waals surface area contributed by atoms with E-state index in [1.165, 1.54) is 0 Å². The van der Waals surface area contributed by atoms with Crippen molar-refractivity contribution in [1.82, 2.24) is 4.98 Å². The summed E-state index contributed by atoms with van der Waals surface area (Å²) in [6.07, 6.45) is 1.88. The second-order valence-electron chi connectivity index (χ2n) is 8.86. The molecular formula is C31H22BrNO4. The monoisotopic (exact) mass is 551 g/mol. The second-order valence-corrected chi connectivity index (χ2v) is 9.77. The highest BCUT2D eigenvalue weighted by atomic mass is 79.9. The Hall–Kier alpha value is -4.29. The summed E-state index contributed by atoms with van der Waals surface area (Å²) in [4.78, 5) is 16.6. The Bertz CT molecular complexity index is 1770. The lowest BCUT2D eigenvalue weighted by Crippen LogP contribution is -2.15. The molecule has 37 heavy (non-hydrogen) atoms. The quantitative estimate of drug-likeness (QED) is 0.210. The van der Waals surface area contributed by atoms with Gasteiger partial charge in [-0.2, -0.15) is 0 Å². The molecule has 0 aliphatic carbocycles. The number of hydrogen-bond donors (Lipinski definition) is 2. The van der Waals surface area contributed by atoms with Gasteiger partial charge in [0.25, 0.3) is 0 Å². The molecule has 2 heterocycles. The average molecular weight is 552 g/mol. The molecule has 4 aromatic carbocycles. The SMILES string of the molecule is O=c1oc2ccccc2c(O)c1C(c1ccc(Br)cc1)c1c[nH]c2ccc(OCc3ccccc3)cc12. The zero-order valence-corrected chi connectivity index (χ0v) is 21.2. The fourth-order valence-corrected chi connectivity index (χ4v) is 5.01. The van der Waals surface area contributed by atoms with Crippen LogP contribution in [0, 0.1) is 0 Å². The molecule has 0 aliphatic rings. The lowest BCUT2D eigenvalue weighted by atomic mass is 9.84. The highest BCUT2D eigenvalue weighted by Crippen LogP contribution is 2.41. The highest BCUT2D eigenvalue weighted by molar-refractivity contribution is 9.10. The van der Waals surface area contributed by atoms with Crippen LogP contribution in [0.15, 0.2) is 117 Å². The van der Waals surface area contributed by atoms with Crippen LogP contribution < -0.4 is 10.4 Å². The van der Waals surface area contributed by atoms with Gasteiger partial charge in [0.05, 0.1) is 10.9 Å². The van der Waals surface area contributed by atoms with Crippen LogP contribution in [0.4, 0.5) is 0 Å². The third-order valence-corrected chi connectivity index (χ3v) is 7.09. The summed E-state index contributed by atoms with van der Waals surface area (Å²) >= 11 is 3.49. The van der Waals surface area contributed by atoms with Gasteiger partial charge in [-0.05, 0) is 59.2 Å². The van der Waals surface area contributed by atoms with Crippen molar-refractivity contribution in [2.24, 2.45) is 0 Å². The minimum absolute atomic E-state index is 0.0781. The molecule has 0 spiro atoms. The van der Waals surface area contributed by atoms with Gasteiger partial charge in [0, 0.05) is 27.5 Å². The number of hydrogen-bond acceptors (Lipinski definition) is 4. The molecule has 1 unspecified atom stereocenters. The number of nitrogens with one attached hydrogen (secondary N) is 1. The number of aromatic amines is 1. The van der Waals surface area contributed by atoms with Gasteiger partial charge in [-0.3, -0.25) is 0 Å². The molecular weight excluding hydrogens is 530 g/mol. The van der Waals surface area contributed by atoms with Crippen LogP contribution in [-0.2, 0) is 6.61 Å². The first kappa shape index (κ1) is 23.1. The van der Waals surface area contributed by atoms with E-state index in [1.807, 2.05) is 85.1 Å². The van der Waals surface area contributed by atoms with Crippen molar-refractivity contribution >= 4 is 37.8 Å². The smallest absolute Gasteiger partial charge is 0.344 e. The standard InChI is InChI=1S/C31H22BrNO4/c32-21-12-10-20(11-13-21)28(29-30(34)23-8-4-5-9-27(23)37-31(29)35)25-17-33-26-15-14-22(16-24(25)26)36-18-19-6-2-1-3-7-19/h1-17,28,33-34H,18H2. The third kappa shape index (κ3) is 4.41. The Kier molecular flexibility index (Phi) is 6.02. The van der Waals surface area contributed by atoms with Gasteiger partial charge in [-0.25, -0.2) is 4.79 Å². The molecule has 1 atom stereocenters. The Balaban J connectivity index is 1.51. The van der Waals surface area contributed by atoms with Crippen LogP contribution in [-0.4, -0.2) is 10.1 Å². The van der Waals surface area contributed by atoms with Crippen molar-refractivity contribution in [3.63, 3.8) is 0 Å². The molecule has 6 heteroatoms. The molecule has 0 amide bonds. The van der Waals surface area contributed by atoms with Gasteiger partial charge >= 0.3 is 5.63 Å². The molecule has 2 N–H and O–H groups in total. The first-order chi connectivity index (χ1) is 18.1. The van der Waals surface area contributed by atoms with E-state index >= 15 is 0 Å². The minimum Gasteiger partial charge on any atom is -0.507 e. The van der Waals surface area contributed by atoms with Crippen molar-refractivity contribution in [3.05, 3.63) is 140 Å². The number of H-pyrrole nitrogens is 1. The van der Waals surface area contributed by atoms with Crippen LogP contribution in [0.3, 0.4) is 0 Å². The first-order valence-corrected chi connectivity index (χ1v) is 12.7. The van der Waals surface area contributed by atoms with E-state index in [4.69, 9.17) is 9.15 Å². The highest BCUT2D eigenvalue weighted by Gasteiger charge is 2.28. The number of rotatable bonds is 6. The first-order valence-electron chi connectivity index (χ1n) is 11.9. The maximum Gasteiger partial charge on any atom is 0.344 e. The Morgan fingerprint density at radius 2 is 1.65 bits per heavy atom. The lowest BCUT2D eigenvalue weighted by molar-refractivity contribution is 0.306. The van der Waals surface area contributed by atoms with E-state index in [1.54, 1.807) is 18.2 Å². The van der Waals surface area contributed by atoms with Crippen LogP contribution in [0.25, 0.3) is 21.9 Å². The van der Waals surface area contributed by atoms with Gasteiger partial charge in [-0.1, -0.05) is 70.5 Å². The van der Waals surface area contributed by atoms with Gasteiger partial charge in [0.15, 0.2) is 0 Å². The summed E-state index contributed by atoms with van der Waals surface area (Å²) in [6.45, 7) is 0.442. The van der Waals surface area contributed by atoms with Crippen molar-refractivity contribution in [2.45, 2.75) is 12.5 Å². The molecule has 2 aromatic heterocycles. The number of aromatic nitrogens is 1. The maximum absolute atomic E-state index is 13.3. The third-order valence-electron chi connectivity index (χ3n) is 6.56. The summed E-state index contributed by atoms with van der Waals surface area (Å²) in [5, 5.41) is 12.7. The molecule has 0 fully saturated rings. The van der Waals surface area contributed by atoms with Crippen LogP contribution >= 0.6 is 15.9 Å². The molecule has 0 saturated carbocycles. The van der Waals surface area contributed by atoms with Crippen LogP contribution in [0.1, 0.15) is 28.2 Å². The van der Waals surface area contributed by atoms with Crippen LogP contribution in [0.2, 0.25) is 0 Å². The second kappa shape index (κ2) is 9.64. The molecule has 5 nitrogen and oxygen atoms in total. The summed E-state index contributed by atoms with van der Waals surface area (Å²) in [6, 6.07) is 30.6. The number of halogens is 1. The average Bonchev–Trinajstić information content (AvgIpc) is 3.34. The normalized spacial score (nSPS) is 12.1. The summed E-state index contributed by atoms with van der Waals surface area (Å²) in [5.74, 6) is 0.0548. The summed E-state index contributed by atoms with van der Waals surface area (Å²) in [5.41, 5.74) is 3.61. The molecule has 0 aliphatic heterocycles. The number of aromatic hydroxyl groups is 1. The van der Waals surface area contributed by atoms with E-state index in [9.17, 15) is 9.90 Å². The van der Waals surface area contributed by atoms with Gasteiger partial charge in [-0.15, -0.1) is 0 Å². The van der Waals surface area contributed by atoms with Crippen molar-refractivity contribution in [2.75, 3.05) is 0 Å². The summed E-state index contributed by atoms with van der Waals surface area (Å²) < 4.78 is 12.7. The van der Waals surface area contributed by atoms with Gasteiger partial charge < -0.3 is 19.2 Å². The maximum atomic E-state index is 13.3. The van der Waals surface area contributed by atoms with Gasteiger partial charge in [0.2, 0.25) is 0 Å². The van der Waals surface area contributed by atoms with Crippen molar-refractivity contribution in [3.8, 4) is 11.5 Å². The number of ether oxygens (including phenoxy) is 1. The molecule has 6 rings (SSSR count). The Morgan fingerprint density at radius 3 is 2.46 bits per heavy atom. The van der Waals surface area contributed by atoms with Gasteiger partial charge in [0.1, 0.15) is 23.7 Å². The van der Waals surface area contributed by atoms with E-state index in [0.29, 0.717) is 23.3 Å². The minimum atomic E-state index is -0.577. The number of para-hydroxylation sites is 1. The molecule has 6 aromatic rings. The molecule has 0 radical (unpaired) electrons. The van der Waals surface area contributed by atoms with E-state index < -0.39 is 11.5 Å². The summed E-state index contributed by atoms with van der Waals surface area (Å²) in [7, 11) is 0. The fourth-order valence-electron chi connectivity index (χ4n) is 4.75. The number of benzene rings is 4. The Labute approximate surface area is 221 Å². The molecule has 0 saturated heterocycles. The van der Waals surface area contributed by atoms with E-state index in [0.717, 1.165) is 32.1 Å². The zero-order chi connectivity index (χ0) is 25.4. The van der Waals surface area contributed by atoms with Crippen molar-refractivity contribution in [1.29, 1.82) is 0 Å². The fraction of sp³-hybridized carbons (Fsp3) is 0.0645. The zero-order valence-electron chi connectivity index (χ0n) is 19.6. The largest absolute Gasteiger partial charge is 0.507 e. The van der Waals surface area contributed by atoms with E-state index in [-0.39, 0.29) is 11.3 Å². The molecule has 182 valence electrons. The lowest BCUT2D eigenvalue weighted by Gasteiger charge is -2.19.